The molecule has 0 amide bonds. The molecular weight excluding hydrogens is 85.0 g/mol. The molecule has 1 unspecified atom stereocenters. The van der Waals surface area contributed by atoms with Gasteiger partial charge in [-0.1, -0.05) is 5.80 Å². The Labute approximate surface area is 31.6 Å². The second-order valence-corrected chi connectivity index (χ2v) is 2.57. The molecule has 0 aliphatic carbocycles. The SMILES string of the molecule is CC=[PH]1NO1. The van der Waals surface area contributed by atoms with Gasteiger partial charge in [0.1, 0.15) is 0 Å². The molecule has 0 aromatic rings. The molecular formula is C2H6NOP. The number of nitrogens with one attached hydrogen (secondary N) is 1. The van der Waals surface area contributed by atoms with E-state index in [-0.39, 0.29) is 0 Å². The van der Waals surface area contributed by atoms with Crippen molar-refractivity contribution < 1.29 is 4.62 Å². The van der Waals surface area contributed by atoms with Gasteiger partial charge in [0.15, 0.2) is 0 Å². The summed E-state index contributed by atoms with van der Waals surface area (Å²) in [5.74, 6) is 2.05. The third-order valence-corrected chi connectivity index (χ3v) is 1.45. The largest absolute Gasteiger partial charge is 0.263 e. The fraction of sp³-hybridized carbons (Fsp3) is 0.500. The van der Waals surface area contributed by atoms with E-state index in [2.05, 4.69) is 9.88 Å². The highest BCUT2D eigenvalue weighted by atomic mass is 31.1. The molecule has 1 saturated heterocycles. The number of hydrogen-bond acceptors (Lipinski definition) is 2. The van der Waals surface area contributed by atoms with Crippen molar-refractivity contribution in [1.82, 2.24) is 5.25 Å². The molecule has 0 bridgehead atoms. The van der Waals surface area contributed by atoms with Gasteiger partial charge in [-0.2, -0.15) is 5.25 Å². The minimum Gasteiger partial charge on any atom is -0.263 e. The van der Waals surface area contributed by atoms with Crippen molar-refractivity contribution >= 4 is 13.7 Å². The molecule has 1 atom stereocenters. The van der Waals surface area contributed by atoms with E-state index in [0.717, 1.165) is 0 Å². The van der Waals surface area contributed by atoms with Crippen LogP contribution in [0.4, 0.5) is 0 Å². The molecule has 1 heterocycles. The smallest absolute Gasteiger partial charge is 0.0982 e. The van der Waals surface area contributed by atoms with Crippen molar-refractivity contribution in [3.63, 3.8) is 0 Å². The number of rotatable bonds is 0. The maximum Gasteiger partial charge on any atom is 0.0982 e. The Bertz CT molecular complexity index is 64.0. The highest BCUT2D eigenvalue weighted by molar-refractivity contribution is 7.54. The Kier molecular flexibility index (Phi) is 0.772. The first-order valence-corrected chi connectivity index (χ1v) is 3.01. The summed E-state index contributed by atoms with van der Waals surface area (Å²) in [6, 6.07) is 0. The molecule has 1 fully saturated rings. The monoisotopic (exact) mass is 91.0 g/mol. The van der Waals surface area contributed by atoms with Gasteiger partial charge < -0.3 is 0 Å². The summed E-state index contributed by atoms with van der Waals surface area (Å²) in [5, 5.41) is 2.73. The van der Waals surface area contributed by atoms with Crippen LogP contribution in [0.15, 0.2) is 0 Å². The maximum absolute atomic E-state index is 4.65. The van der Waals surface area contributed by atoms with E-state index in [4.69, 9.17) is 0 Å². The van der Waals surface area contributed by atoms with Gasteiger partial charge in [0, 0.05) is 0 Å². The second kappa shape index (κ2) is 1.13. The molecule has 2 nitrogen and oxygen atoms in total. The topological polar surface area (TPSA) is 34.5 Å². The molecule has 30 valence electrons. The molecule has 1 aliphatic heterocycles. The first-order chi connectivity index (χ1) is 2.43. The molecule has 0 aromatic heterocycles. The van der Waals surface area contributed by atoms with Crippen LogP contribution in [0.2, 0.25) is 0 Å². The third-order valence-electron chi connectivity index (χ3n) is 0.482. The quantitative estimate of drug-likeness (QED) is 0.345. The summed E-state index contributed by atoms with van der Waals surface area (Å²) < 4.78 is 4.65. The first-order valence-electron chi connectivity index (χ1n) is 1.52. The van der Waals surface area contributed by atoms with Crippen LogP contribution >= 0.6 is 7.92 Å². The van der Waals surface area contributed by atoms with Crippen molar-refractivity contribution in [3.8, 4) is 0 Å². The second-order valence-electron chi connectivity index (χ2n) is 0.857. The lowest BCUT2D eigenvalue weighted by Gasteiger charge is -1.48. The summed E-state index contributed by atoms with van der Waals surface area (Å²) >= 11 is 0. The summed E-state index contributed by atoms with van der Waals surface area (Å²) in [5.41, 5.74) is 0. The molecule has 1 N–H and O–H groups in total. The van der Waals surface area contributed by atoms with Crippen molar-refractivity contribution in [1.29, 1.82) is 0 Å². The van der Waals surface area contributed by atoms with Crippen LogP contribution in [-0.4, -0.2) is 5.80 Å². The van der Waals surface area contributed by atoms with E-state index in [0.29, 0.717) is 0 Å². The van der Waals surface area contributed by atoms with Gasteiger partial charge in [-0.15, -0.1) is 0 Å². The highest BCUT2D eigenvalue weighted by Gasteiger charge is 2.03. The lowest BCUT2D eigenvalue weighted by molar-refractivity contribution is 0.469. The van der Waals surface area contributed by atoms with Gasteiger partial charge in [0.05, 0.1) is 7.92 Å². The van der Waals surface area contributed by atoms with Crippen LogP contribution in [-0.2, 0) is 4.62 Å². The Balaban J connectivity index is 2.46. The average molecular weight is 91.0 g/mol. The molecule has 0 saturated carbocycles. The normalized spacial score (nSPS) is 35.0. The molecule has 5 heavy (non-hydrogen) atoms. The summed E-state index contributed by atoms with van der Waals surface area (Å²) in [7, 11) is -0.499. The van der Waals surface area contributed by atoms with Crippen LogP contribution in [0.1, 0.15) is 6.92 Å². The third kappa shape index (κ3) is 0.763. The van der Waals surface area contributed by atoms with Crippen molar-refractivity contribution in [3.05, 3.63) is 0 Å². The summed E-state index contributed by atoms with van der Waals surface area (Å²) in [6.07, 6.45) is 0. The van der Waals surface area contributed by atoms with Gasteiger partial charge in [0.2, 0.25) is 0 Å². The maximum atomic E-state index is 4.65. The molecule has 1 rings (SSSR count). The molecule has 0 spiro atoms. The Morgan fingerprint density at radius 1 is 2.00 bits per heavy atom. The van der Waals surface area contributed by atoms with Gasteiger partial charge in [-0.25, -0.2) is 0 Å². The van der Waals surface area contributed by atoms with Crippen LogP contribution in [0, 0.1) is 0 Å². The van der Waals surface area contributed by atoms with Crippen molar-refractivity contribution in [2.45, 2.75) is 6.92 Å². The average Bonchev–Trinajstić information content (AvgIpc) is 2.12. The van der Waals surface area contributed by atoms with Crippen LogP contribution in [0.3, 0.4) is 0 Å². The van der Waals surface area contributed by atoms with E-state index in [1.807, 2.05) is 12.7 Å². The van der Waals surface area contributed by atoms with E-state index < -0.39 is 7.92 Å². The fourth-order valence-electron chi connectivity index (χ4n) is 0.147. The number of hydrogen-bond donors (Lipinski definition) is 1. The van der Waals surface area contributed by atoms with E-state index in [1.54, 1.807) is 0 Å². The lowest BCUT2D eigenvalue weighted by atomic mass is 11.0. The fourth-order valence-corrected chi connectivity index (χ4v) is 0.619. The molecule has 0 aromatic carbocycles. The van der Waals surface area contributed by atoms with Gasteiger partial charge in [0.25, 0.3) is 0 Å². The molecule has 1 aliphatic rings. The molecule has 0 radical (unpaired) electrons. The van der Waals surface area contributed by atoms with E-state index in [9.17, 15) is 0 Å². The predicted molar refractivity (Wildman–Crippen MR) is 24.3 cm³/mol. The highest BCUT2D eigenvalue weighted by Crippen LogP contribution is 2.30. The zero-order valence-electron chi connectivity index (χ0n) is 2.99. The predicted octanol–water partition coefficient (Wildman–Crippen LogP) is 0.387. The van der Waals surface area contributed by atoms with Crippen molar-refractivity contribution in [2.75, 3.05) is 0 Å². The van der Waals surface area contributed by atoms with Gasteiger partial charge in [-0.05, 0) is 6.92 Å². The van der Waals surface area contributed by atoms with E-state index >= 15 is 0 Å². The summed E-state index contributed by atoms with van der Waals surface area (Å²) in [6.45, 7) is 1.99. The summed E-state index contributed by atoms with van der Waals surface area (Å²) in [4.78, 5) is 0. The Morgan fingerprint density at radius 3 is 2.60 bits per heavy atom. The Hall–Kier alpha value is 0.220. The van der Waals surface area contributed by atoms with Crippen LogP contribution in [0.25, 0.3) is 0 Å². The van der Waals surface area contributed by atoms with Crippen LogP contribution in [0.5, 0.6) is 0 Å². The Morgan fingerprint density at radius 2 is 2.60 bits per heavy atom. The van der Waals surface area contributed by atoms with Crippen molar-refractivity contribution in [2.24, 2.45) is 0 Å². The minimum absolute atomic E-state index is 0.499. The van der Waals surface area contributed by atoms with Gasteiger partial charge in [-0.3, -0.25) is 4.62 Å². The zero-order valence-corrected chi connectivity index (χ0v) is 3.99. The van der Waals surface area contributed by atoms with Crippen LogP contribution < -0.4 is 5.25 Å². The first kappa shape index (κ1) is 3.41. The minimum atomic E-state index is -0.499. The molecule has 3 heteroatoms. The van der Waals surface area contributed by atoms with Gasteiger partial charge >= 0.3 is 0 Å². The zero-order chi connectivity index (χ0) is 3.70. The standard InChI is InChI=1S/C2H6NOP/c1-2-5-3-4-5/h2-3,5H,1H3. The van der Waals surface area contributed by atoms with E-state index in [1.165, 1.54) is 0 Å². The lowest BCUT2D eigenvalue weighted by Crippen LogP contribution is -1.51.